The fourth-order valence-corrected chi connectivity index (χ4v) is 3.12. The van der Waals surface area contributed by atoms with Crippen LogP contribution in [0.2, 0.25) is 15.1 Å². The van der Waals surface area contributed by atoms with Gasteiger partial charge in [-0.25, -0.2) is 4.98 Å². The SMILES string of the molecule is O=C(NNc1c(Cl)cc(Cl)cc1Cl)c1ccc(Cn2ccnc2)cc1. The summed E-state index contributed by atoms with van der Waals surface area (Å²) in [5.41, 5.74) is 7.24. The predicted molar refractivity (Wildman–Crippen MR) is 100 cm³/mol. The minimum absolute atomic E-state index is 0.309. The topological polar surface area (TPSA) is 59.0 Å². The molecule has 0 atom stereocenters. The van der Waals surface area contributed by atoms with Crippen LogP contribution in [0.25, 0.3) is 0 Å². The largest absolute Gasteiger partial charge is 0.333 e. The Morgan fingerprint density at radius 1 is 1.08 bits per heavy atom. The molecule has 2 N–H and O–H groups in total. The van der Waals surface area contributed by atoms with Gasteiger partial charge in [0.15, 0.2) is 0 Å². The first kappa shape index (κ1) is 17.6. The normalized spacial score (nSPS) is 10.5. The van der Waals surface area contributed by atoms with Gasteiger partial charge >= 0.3 is 0 Å². The molecule has 0 radical (unpaired) electrons. The maximum Gasteiger partial charge on any atom is 0.269 e. The van der Waals surface area contributed by atoms with Gasteiger partial charge in [0.1, 0.15) is 0 Å². The van der Waals surface area contributed by atoms with E-state index in [1.54, 1.807) is 24.7 Å². The first-order valence-corrected chi connectivity index (χ1v) is 8.42. The molecule has 128 valence electrons. The fraction of sp³-hybridized carbons (Fsp3) is 0.0588. The molecule has 25 heavy (non-hydrogen) atoms. The molecule has 0 saturated carbocycles. The summed E-state index contributed by atoms with van der Waals surface area (Å²) < 4.78 is 1.95. The Hall–Kier alpha value is -2.21. The molecule has 5 nitrogen and oxygen atoms in total. The average Bonchev–Trinajstić information content (AvgIpc) is 3.07. The van der Waals surface area contributed by atoms with Gasteiger partial charge in [0, 0.05) is 29.5 Å². The third-order valence-electron chi connectivity index (χ3n) is 3.45. The number of nitrogens with one attached hydrogen (secondary N) is 2. The molecule has 0 spiro atoms. The van der Waals surface area contributed by atoms with Crippen LogP contribution in [0.4, 0.5) is 5.69 Å². The van der Waals surface area contributed by atoms with E-state index < -0.39 is 0 Å². The summed E-state index contributed by atoms with van der Waals surface area (Å²) in [4.78, 5) is 16.2. The van der Waals surface area contributed by atoms with Crippen molar-refractivity contribution in [3.8, 4) is 0 Å². The Balaban J connectivity index is 1.63. The summed E-state index contributed by atoms with van der Waals surface area (Å²) in [6.45, 7) is 0.691. The van der Waals surface area contributed by atoms with Crippen LogP contribution in [0, 0.1) is 0 Å². The molecule has 2 aromatic carbocycles. The van der Waals surface area contributed by atoms with Crippen LogP contribution < -0.4 is 10.9 Å². The van der Waals surface area contributed by atoms with E-state index in [9.17, 15) is 4.79 Å². The van der Waals surface area contributed by atoms with Gasteiger partial charge in [-0.2, -0.15) is 0 Å². The molecule has 0 aliphatic heterocycles. The van der Waals surface area contributed by atoms with Crippen molar-refractivity contribution in [2.75, 3.05) is 5.43 Å². The number of hydrogen-bond acceptors (Lipinski definition) is 3. The first-order valence-electron chi connectivity index (χ1n) is 7.28. The Morgan fingerprint density at radius 3 is 2.36 bits per heavy atom. The van der Waals surface area contributed by atoms with E-state index in [2.05, 4.69) is 15.8 Å². The van der Waals surface area contributed by atoms with Gasteiger partial charge in [0.25, 0.3) is 5.91 Å². The van der Waals surface area contributed by atoms with Gasteiger partial charge < -0.3 is 4.57 Å². The van der Waals surface area contributed by atoms with Crippen LogP contribution in [0.15, 0.2) is 55.1 Å². The Morgan fingerprint density at radius 2 is 1.76 bits per heavy atom. The number of hydrazine groups is 1. The van der Waals surface area contributed by atoms with Crippen molar-refractivity contribution >= 4 is 46.4 Å². The number of benzene rings is 2. The lowest BCUT2D eigenvalue weighted by molar-refractivity contribution is 0.0962. The van der Waals surface area contributed by atoms with Crippen LogP contribution >= 0.6 is 34.8 Å². The number of nitrogens with zero attached hydrogens (tertiary/aromatic N) is 2. The standard InChI is InChI=1S/C17H13Cl3N4O/c18-13-7-14(19)16(15(20)8-13)22-23-17(25)12-3-1-11(2-4-12)9-24-6-5-21-10-24/h1-8,10,22H,9H2,(H,23,25). The van der Waals surface area contributed by atoms with E-state index in [1.165, 1.54) is 12.1 Å². The number of hydrogen-bond donors (Lipinski definition) is 2. The predicted octanol–water partition coefficient (Wildman–Crippen LogP) is 4.65. The smallest absolute Gasteiger partial charge is 0.269 e. The van der Waals surface area contributed by atoms with Gasteiger partial charge in [0.05, 0.1) is 22.1 Å². The highest BCUT2D eigenvalue weighted by atomic mass is 35.5. The highest BCUT2D eigenvalue weighted by molar-refractivity contribution is 6.41. The molecule has 3 rings (SSSR count). The van der Waals surface area contributed by atoms with E-state index >= 15 is 0 Å². The van der Waals surface area contributed by atoms with E-state index in [0.29, 0.717) is 32.9 Å². The lowest BCUT2D eigenvalue weighted by Crippen LogP contribution is -2.29. The van der Waals surface area contributed by atoms with Crippen LogP contribution in [0.3, 0.4) is 0 Å². The highest BCUT2D eigenvalue weighted by Gasteiger charge is 2.10. The van der Waals surface area contributed by atoms with Crippen molar-refractivity contribution in [2.45, 2.75) is 6.54 Å². The van der Waals surface area contributed by atoms with Crippen LogP contribution in [0.5, 0.6) is 0 Å². The van der Waals surface area contributed by atoms with Crippen molar-refractivity contribution in [1.82, 2.24) is 15.0 Å². The highest BCUT2D eigenvalue weighted by Crippen LogP contribution is 2.33. The summed E-state index contributed by atoms with van der Waals surface area (Å²) >= 11 is 18.0. The summed E-state index contributed by atoms with van der Waals surface area (Å²) in [6, 6.07) is 10.3. The number of imidazole rings is 1. The van der Waals surface area contributed by atoms with E-state index in [1.807, 2.05) is 22.9 Å². The molecule has 0 aliphatic rings. The molecular weight excluding hydrogens is 383 g/mol. The zero-order valence-corrected chi connectivity index (χ0v) is 15.1. The number of anilines is 1. The molecule has 1 aromatic heterocycles. The second-order valence-electron chi connectivity index (χ2n) is 5.26. The monoisotopic (exact) mass is 394 g/mol. The molecule has 0 unspecified atom stereocenters. The zero-order valence-electron chi connectivity index (χ0n) is 12.8. The number of carbonyl (C=O) groups excluding carboxylic acids is 1. The van der Waals surface area contributed by atoms with Gasteiger partial charge in [0.2, 0.25) is 0 Å². The Kier molecular flexibility index (Phi) is 5.48. The average molecular weight is 396 g/mol. The summed E-state index contributed by atoms with van der Waals surface area (Å²) in [6.07, 6.45) is 5.34. The Bertz CT molecular complexity index is 856. The molecular formula is C17H13Cl3N4O. The molecule has 0 aliphatic carbocycles. The number of carbonyl (C=O) groups is 1. The summed E-state index contributed by atoms with van der Waals surface area (Å²) in [7, 11) is 0. The minimum Gasteiger partial charge on any atom is -0.333 e. The number of halogens is 3. The third kappa shape index (κ3) is 4.45. The minimum atomic E-state index is -0.309. The maximum absolute atomic E-state index is 12.2. The van der Waals surface area contributed by atoms with E-state index in [-0.39, 0.29) is 5.91 Å². The van der Waals surface area contributed by atoms with Gasteiger partial charge in [-0.3, -0.25) is 15.6 Å². The zero-order chi connectivity index (χ0) is 17.8. The second kappa shape index (κ2) is 7.78. The van der Waals surface area contributed by atoms with Crippen molar-refractivity contribution in [2.24, 2.45) is 0 Å². The second-order valence-corrected chi connectivity index (χ2v) is 6.51. The summed E-state index contributed by atoms with van der Waals surface area (Å²) in [5, 5.41) is 1.04. The molecule has 3 aromatic rings. The quantitative estimate of drug-likeness (QED) is 0.618. The van der Waals surface area contributed by atoms with Crippen LogP contribution in [-0.4, -0.2) is 15.5 Å². The lowest BCUT2D eigenvalue weighted by Gasteiger charge is -2.12. The Labute approximate surface area is 159 Å². The van der Waals surface area contributed by atoms with Gasteiger partial charge in [-0.05, 0) is 29.8 Å². The maximum atomic E-state index is 12.2. The van der Waals surface area contributed by atoms with Crippen LogP contribution in [-0.2, 0) is 6.54 Å². The molecule has 1 heterocycles. The third-order valence-corrected chi connectivity index (χ3v) is 4.26. The van der Waals surface area contributed by atoms with Gasteiger partial charge in [-0.15, -0.1) is 0 Å². The molecule has 0 bridgehead atoms. The van der Waals surface area contributed by atoms with Crippen LogP contribution in [0.1, 0.15) is 15.9 Å². The molecule has 8 heteroatoms. The van der Waals surface area contributed by atoms with Gasteiger partial charge in [-0.1, -0.05) is 46.9 Å². The molecule has 1 amide bonds. The lowest BCUT2D eigenvalue weighted by atomic mass is 10.1. The van der Waals surface area contributed by atoms with Crippen molar-refractivity contribution in [3.05, 3.63) is 81.3 Å². The molecule has 0 saturated heterocycles. The number of aromatic nitrogens is 2. The van der Waals surface area contributed by atoms with Crippen molar-refractivity contribution < 1.29 is 4.79 Å². The van der Waals surface area contributed by atoms with E-state index in [0.717, 1.165) is 5.56 Å². The number of rotatable bonds is 5. The van der Waals surface area contributed by atoms with E-state index in [4.69, 9.17) is 34.8 Å². The molecule has 0 fully saturated rings. The van der Waals surface area contributed by atoms with Crippen molar-refractivity contribution in [3.63, 3.8) is 0 Å². The van der Waals surface area contributed by atoms with Crippen molar-refractivity contribution in [1.29, 1.82) is 0 Å². The number of amides is 1. The first-order chi connectivity index (χ1) is 12.0. The fourth-order valence-electron chi connectivity index (χ4n) is 2.21. The summed E-state index contributed by atoms with van der Waals surface area (Å²) in [5.74, 6) is -0.309.